The average Bonchev–Trinajstić information content (AvgIpc) is 2.80. The summed E-state index contributed by atoms with van der Waals surface area (Å²) in [5.74, 6) is 5.60. The monoisotopic (exact) mass is 486 g/mol. The van der Waals surface area contributed by atoms with Crippen molar-refractivity contribution in [2.24, 2.45) is 0 Å². The second-order valence-corrected chi connectivity index (χ2v) is 3.49. The van der Waals surface area contributed by atoms with Gasteiger partial charge >= 0.3 is 67.8 Å². The van der Waals surface area contributed by atoms with Crippen LogP contribution in [-0.2, 0) is 72.7 Å². The van der Waals surface area contributed by atoms with E-state index in [-0.39, 0.29) is 39.3 Å². The van der Waals surface area contributed by atoms with Crippen molar-refractivity contribution in [1.82, 2.24) is 0 Å². The third-order valence-electron chi connectivity index (χ3n) is 2.09. The molecule has 0 aliphatic heterocycles. The van der Waals surface area contributed by atoms with Gasteiger partial charge in [0.25, 0.3) is 0 Å². The van der Waals surface area contributed by atoms with Crippen molar-refractivity contribution in [3.8, 4) is 11.8 Å². The van der Waals surface area contributed by atoms with Gasteiger partial charge in [0.05, 0.1) is 0 Å². The number of rotatable bonds is 4. The molecule has 0 spiro atoms. The van der Waals surface area contributed by atoms with Crippen LogP contribution in [-0.4, -0.2) is 5.78 Å². The summed E-state index contributed by atoms with van der Waals surface area (Å²) in [6, 6.07) is 9.72. The Labute approximate surface area is 192 Å². The fraction of sp³-hybridized carbons (Fsp3) is 0.250. The summed E-state index contributed by atoms with van der Waals surface area (Å²) in [6.07, 6.45) is 3.46. The van der Waals surface area contributed by atoms with Crippen LogP contribution in [0.5, 0.6) is 0 Å². The van der Waals surface area contributed by atoms with Gasteiger partial charge in [0.1, 0.15) is 0 Å². The predicted octanol–water partition coefficient (Wildman–Crippen LogP) is 2.76. The SMILES string of the molecule is CCCCC#CC(=O)Cc1ccccc1.[C-]#[O+].[C-]#[O+].[C-]#[O+].[C-]#[O+].[C-]#[O+].[C-]#[O+].[Co].[Co]. The van der Waals surface area contributed by atoms with E-state index in [9.17, 15) is 4.79 Å². The van der Waals surface area contributed by atoms with Crippen LogP contribution in [0, 0.1) is 51.7 Å². The Bertz CT molecular complexity index is 558. The Morgan fingerprint density at radius 2 is 1.17 bits per heavy atom. The minimum atomic E-state index is 0. The number of Topliss-reactive ketones (excluding diaryl/α,β-unsaturated/α-hetero) is 1. The second kappa shape index (κ2) is 72.3. The molecule has 0 aliphatic carbocycles. The Balaban J connectivity index is -0.0000000453. The van der Waals surface area contributed by atoms with Gasteiger partial charge in [0.15, 0.2) is 0 Å². The predicted molar refractivity (Wildman–Crippen MR) is 86.0 cm³/mol. The van der Waals surface area contributed by atoms with Gasteiger partial charge in [-0.1, -0.05) is 49.6 Å². The molecule has 0 unspecified atom stereocenters. The van der Waals surface area contributed by atoms with Crippen LogP contribution in [0.25, 0.3) is 0 Å². The third kappa shape index (κ3) is 58.5. The van der Waals surface area contributed by atoms with Gasteiger partial charge in [-0.05, 0) is 17.9 Å². The number of hydrogen-bond acceptors (Lipinski definition) is 1. The van der Waals surface area contributed by atoms with Crippen LogP contribution in [0.2, 0.25) is 0 Å². The molecule has 9 heteroatoms. The molecule has 7 nitrogen and oxygen atoms in total. The molecule has 156 valence electrons. The number of benzene rings is 1. The Hall–Kier alpha value is -2.10. The van der Waals surface area contributed by atoms with Crippen LogP contribution < -0.4 is 0 Å². The van der Waals surface area contributed by atoms with Gasteiger partial charge < -0.3 is 0 Å². The maximum Gasteiger partial charge on any atom is 0 e. The Kier molecular flexibility index (Phi) is 126. The summed E-state index contributed by atoms with van der Waals surface area (Å²) in [4.78, 5) is 11.4. The summed E-state index contributed by atoms with van der Waals surface area (Å²) in [5, 5.41) is 0. The van der Waals surface area contributed by atoms with E-state index < -0.39 is 0 Å². The first kappa shape index (κ1) is 50.5. The molecule has 0 amide bonds. The van der Waals surface area contributed by atoms with E-state index >= 15 is 0 Å². The zero-order chi connectivity index (χ0) is 22.9. The molecule has 1 aromatic carbocycles. The van der Waals surface area contributed by atoms with Crippen molar-refractivity contribution < 1.29 is 66.3 Å². The molecule has 29 heavy (non-hydrogen) atoms. The van der Waals surface area contributed by atoms with E-state index in [2.05, 4.69) is 58.7 Å². The molecule has 2 radical (unpaired) electrons. The van der Waals surface area contributed by atoms with Crippen molar-refractivity contribution in [2.45, 2.75) is 32.6 Å². The number of unbranched alkanes of at least 4 members (excludes halogenated alkanes) is 2. The van der Waals surface area contributed by atoms with Crippen molar-refractivity contribution >= 4 is 5.78 Å². The van der Waals surface area contributed by atoms with Gasteiger partial charge in [-0.2, -0.15) is 0 Å². The average molecular weight is 486 g/mol. The van der Waals surface area contributed by atoms with Crippen molar-refractivity contribution in [3.05, 3.63) is 75.8 Å². The molecular weight excluding hydrogens is 470 g/mol. The van der Waals surface area contributed by atoms with Gasteiger partial charge in [-0.25, -0.2) is 0 Å². The normalized spacial score (nSPS) is 5.14. The molecule has 0 aliphatic rings. The minimum absolute atomic E-state index is 0. The largest absolute Gasteiger partial charge is 0 e. The molecule has 0 saturated carbocycles. The maximum absolute atomic E-state index is 11.4. The molecule has 0 saturated heterocycles. The van der Waals surface area contributed by atoms with E-state index in [1.54, 1.807) is 0 Å². The Morgan fingerprint density at radius 3 is 1.52 bits per heavy atom. The van der Waals surface area contributed by atoms with Crippen LogP contribution >= 0.6 is 0 Å². The van der Waals surface area contributed by atoms with Crippen LogP contribution in [0.3, 0.4) is 0 Å². The quantitative estimate of drug-likeness (QED) is 0.209. The van der Waals surface area contributed by atoms with Crippen molar-refractivity contribution in [1.29, 1.82) is 0 Å². The summed E-state index contributed by atoms with van der Waals surface area (Å²) < 4.78 is 45.0. The second-order valence-electron chi connectivity index (χ2n) is 3.49. The van der Waals surface area contributed by atoms with Gasteiger partial charge in [0, 0.05) is 46.4 Å². The van der Waals surface area contributed by atoms with Crippen LogP contribution in [0.15, 0.2) is 30.3 Å². The third-order valence-corrected chi connectivity index (χ3v) is 2.09. The summed E-state index contributed by atoms with van der Waals surface area (Å²) in [6.45, 7) is 29.1. The maximum atomic E-state index is 11.4. The van der Waals surface area contributed by atoms with E-state index in [1.165, 1.54) is 0 Å². The first-order valence-corrected chi connectivity index (χ1v) is 6.61. The van der Waals surface area contributed by atoms with Gasteiger partial charge in [-0.15, -0.1) is 0 Å². The van der Waals surface area contributed by atoms with Crippen molar-refractivity contribution in [2.75, 3.05) is 0 Å². The first-order chi connectivity index (χ1) is 13.3. The topological polar surface area (TPSA) is 136 Å². The fourth-order valence-electron chi connectivity index (χ4n) is 1.25. The fourth-order valence-corrected chi connectivity index (χ4v) is 1.25. The molecule has 0 bridgehead atoms. The molecule has 0 aromatic heterocycles. The summed E-state index contributed by atoms with van der Waals surface area (Å²) in [5.41, 5.74) is 1.03. The van der Waals surface area contributed by atoms with Crippen LogP contribution in [0.4, 0.5) is 0 Å². The molecule has 1 aromatic rings. The molecule has 1 rings (SSSR count). The zero-order valence-corrected chi connectivity index (χ0v) is 17.3. The molecule has 0 heterocycles. The van der Waals surface area contributed by atoms with Gasteiger partial charge in [0.2, 0.25) is 5.78 Å². The smallest absolute Gasteiger partial charge is 0 e. The van der Waals surface area contributed by atoms with E-state index in [0.717, 1.165) is 24.8 Å². The minimum Gasteiger partial charge on any atom is 0 e. The number of hydrogen-bond donors (Lipinski definition) is 0. The van der Waals surface area contributed by atoms with E-state index in [4.69, 9.17) is 27.9 Å². The summed E-state index contributed by atoms with van der Waals surface area (Å²) >= 11 is 0. The van der Waals surface area contributed by atoms with Crippen LogP contribution in [0.1, 0.15) is 31.7 Å². The molecule has 0 N–H and O–H groups in total. The number of carbonyl (C=O) groups is 1. The molecule has 0 atom stereocenters. The zero-order valence-electron chi connectivity index (χ0n) is 15.2. The van der Waals surface area contributed by atoms with Gasteiger partial charge in [-0.3, -0.25) is 4.79 Å². The molecule has 0 fully saturated rings. The van der Waals surface area contributed by atoms with E-state index in [0.29, 0.717) is 6.42 Å². The summed E-state index contributed by atoms with van der Waals surface area (Å²) in [7, 11) is 0. The first-order valence-electron chi connectivity index (χ1n) is 6.61. The number of ketones is 1. The van der Waals surface area contributed by atoms with Crippen molar-refractivity contribution in [3.63, 3.8) is 0 Å². The van der Waals surface area contributed by atoms with E-state index in [1.807, 2.05) is 30.3 Å². The standard InChI is InChI=1S/C14H16O.6CO.2Co/c1-2-3-4-8-11-14(15)12-13-9-6-5-7-10-13;6*1-2;;/h5-7,9-10H,2-4,12H2,1H3;;;;;;;;. The Morgan fingerprint density at radius 1 is 0.793 bits per heavy atom. The number of carbonyl (C=O) groups excluding carboxylic acids is 1. The molecular formula is C20H16Co2O7.